The molecule has 2 atom stereocenters. The molecule has 29 heavy (non-hydrogen) atoms. The van der Waals surface area contributed by atoms with Gasteiger partial charge in [0, 0.05) is 6.54 Å². The highest BCUT2D eigenvalue weighted by atomic mass is 16.5. The van der Waals surface area contributed by atoms with Crippen molar-refractivity contribution in [1.82, 2.24) is 9.80 Å². The van der Waals surface area contributed by atoms with E-state index in [4.69, 9.17) is 4.74 Å². The fourth-order valence-corrected chi connectivity index (χ4v) is 4.20. The van der Waals surface area contributed by atoms with Gasteiger partial charge in [-0.25, -0.2) is 0 Å². The van der Waals surface area contributed by atoms with Crippen LogP contribution in [0.2, 0.25) is 0 Å². The molecule has 0 aromatic heterocycles. The van der Waals surface area contributed by atoms with Crippen LogP contribution in [0.3, 0.4) is 0 Å². The number of nitrogens with zero attached hydrogens (tertiary/aromatic N) is 2. The number of benzene rings is 2. The van der Waals surface area contributed by atoms with E-state index < -0.39 is 0 Å². The fraction of sp³-hybridized carbons (Fsp3) is 0.480. The summed E-state index contributed by atoms with van der Waals surface area (Å²) in [5.74, 6) is 1.59. The maximum absolute atomic E-state index is 13.3. The third-order valence-electron chi connectivity index (χ3n) is 5.92. The normalized spacial score (nSPS) is 19.9. The molecule has 1 amide bonds. The Labute approximate surface area is 175 Å². The zero-order chi connectivity index (χ0) is 21.0. The minimum absolute atomic E-state index is 0.00426. The van der Waals surface area contributed by atoms with E-state index in [1.807, 2.05) is 12.1 Å². The number of methoxy groups -OCH3 is 1. The Morgan fingerprint density at radius 1 is 1.00 bits per heavy atom. The van der Waals surface area contributed by atoms with Crippen molar-refractivity contribution in [2.45, 2.75) is 52.2 Å². The molecule has 4 nitrogen and oxygen atoms in total. The molecule has 1 heterocycles. The van der Waals surface area contributed by atoms with Gasteiger partial charge in [0.05, 0.1) is 13.2 Å². The Hall–Kier alpha value is -2.33. The second-order valence-corrected chi connectivity index (χ2v) is 8.41. The molecule has 0 aliphatic carbocycles. The van der Waals surface area contributed by atoms with Gasteiger partial charge in [-0.15, -0.1) is 0 Å². The van der Waals surface area contributed by atoms with Gasteiger partial charge in [0.25, 0.3) is 0 Å². The average Bonchev–Trinajstić information content (AvgIpc) is 2.96. The molecule has 156 valence electrons. The molecule has 1 aliphatic rings. The predicted molar refractivity (Wildman–Crippen MR) is 118 cm³/mol. The lowest BCUT2D eigenvalue weighted by Gasteiger charge is -2.29. The monoisotopic (exact) mass is 394 g/mol. The van der Waals surface area contributed by atoms with Crippen LogP contribution < -0.4 is 4.74 Å². The highest BCUT2D eigenvalue weighted by Crippen LogP contribution is 2.35. The molecule has 1 aliphatic heterocycles. The number of aryl methyl sites for hydroxylation is 1. The first-order chi connectivity index (χ1) is 13.9. The number of rotatable bonds is 8. The minimum Gasteiger partial charge on any atom is -0.497 e. The van der Waals surface area contributed by atoms with Crippen molar-refractivity contribution in [3.8, 4) is 5.75 Å². The highest BCUT2D eigenvalue weighted by Gasteiger charge is 2.44. The van der Waals surface area contributed by atoms with Gasteiger partial charge in [-0.2, -0.15) is 0 Å². The van der Waals surface area contributed by atoms with Crippen LogP contribution in [0.1, 0.15) is 50.0 Å². The first kappa shape index (κ1) is 21.4. The Morgan fingerprint density at radius 3 is 2.17 bits per heavy atom. The number of likely N-dealkylation sites (N-methyl/N-ethyl adjacent to an activating group) is 1. The Morgan fingerprint density at radius 2 is 1.62 bits per heavy atom. The van der Waals surface area contributed by atoms with E-state index in [2.05, 4.69) is 74.0 Å². The van der Waals surface area contributed by atoms with Gasteiger partial charge in [-0.3, -0.25) is 9.69 Å². The van der Waals surface area contributed by atoms with E-state index in [0.29, 0.717) is 12.5 Å². The minimum atomic E-state index is -0.0540. The average molecular weight is 395 g/mol. The molecular weight excluding hydrogens is 360 g/mol. The van der Waals surface area contributed by atoms with E-state index >= 15 is 0 Å². The maximum atomic E-state index is 13.3. The largest absolute Gasteiger partial charge is 0.497 e. The smallest absolute Gasteiger partial charge is 0.241 e. The second-order valence-electron chi connectivity index (χ2n) is 8.41. The van der Waals surface area contributed by atoms with Gasteiger partial charge < -0.3 is 9.64 Å². The van der Waals surface area contributed by atoms with E-state index in [1.54, 1.807) is 7.11 Å². The van der Waals surface area contributed by atoms with Gasteiger partial charge in [0.15, 0.2) is 0 Å². The number of hydrogen-bond acceptors (Lipinski definition) is 3. The number of carbonyl (C=O) groups excluding carboxylic acids is 1. The number of amides is 1. The molecule has 1 fully saturated rings. The third kappa shape index (κ3) is 4.81. The summed E-state index contributed by atoms with van der Waals surface area (Å²) >= 11 is 0. The lowest BCUT2D eigenvalue weighted by Crippen LogP contribution is -2.33. The predicted octanol–water partition coefficient (Wildman–Crippen LogP) is 4.69. The van der Waals surface area contributed by atoms with Crippen molar-refractivity contribution in [3.05, 3.63) is 65.2 Å². The summed E-state index contributed by atoms with van der Waals surface area (Å²) in [4.78, 5) is 17.7. The van der Waals surface area contributed by atoms with E-state index in [-0.39, 0.29) is 18.1 Å². The van der Waals surface area contributed by atoms with Crippen LogP contribution in [0.4, 0.5) is 0 Å². The van der Waals surface area contributed by atoms with Crippen molar-refractivity contribution in [1.29, 1.82) is 0 Å². The molecule has 0 radical (unpaired) electrons. The summed E-state index contributed by atoms with van der Waals surface area (Å²) in [6.07, 6.45) is 2.74. The van der Waals surface area contributed by atoms with Crippen LogP contribution in [0.25, 0.3) is 0 Å². The first-order valence-corrected chi connectivity index (χ1v) is 10.7. The Balaban J connectivity index is 1.83. The standard InChI is InChI=1S/C25H34N2O2/c1-6-19-7-11-21(12-8-19)24-26(4)23(17-18(2)3)25(28)27(24)16-15-20-9-13-22(29-5)14-10-20/h7-14,18,23-24H,6,15-17H2,1-5H3/t23-,24-/m0/s1. The molecule has 4 heteroatoms. The molecule has 0 spiro atoms. The quantitative estimate of drug-likeness (QED) is 0.651. The van der Waals surface area contributed by atoms with Crippen LogP contribution in [0.5, 0.6) is 5.75 Å². The van der Waals surface area contributed by atoms with Crippen molar-refractivity contribution in [2.75, 3.05) is 20.7 Å². The number of hydrogen-bond donors (Lipinski definition) is 0. The lowest BCUT2D eigenvalue weighted by atomic mass is 10.0. The van der Waals surface area contributed by atoms with Crippen molar-refractivity contribution in [3.63, 3.8) is 0 Å². The van der Waals surface area contributed by atoms with Gasteiger partial charge in [0.1, 0.15) is 11.9 Å². The summed E-state index contributed by atoms with van der Waals surface area (Å²) in [5.41, 5.74) is 3.73. The first-order valence-electron chi connectivity index (χ1n) is 10.7. The molecule has 0 N–H and O–H groups in total. The van der Waals surface area contributed by atoms with Gasteiger partial charge in [0.2, 0.25) is 5.91 Å². The van der Waals surface area contributed by atoms with Crippen molar-refractivity contribution < 1.29 is 9.53 Å². The third-order valence-corrected chi connectivity index (χ3v) is 5.92. The SMILES string of the molecule is CCc1ccc([C@@H]2N(CCc3ccc(OC)cc3)C(=O)[C@H](CC(C)C)N2C)cc1. The summed E-state index contributed by atoms with van der Waals surface area (Å²) in [6.45, 7) is 7.25. The second kappa shape index (κ2) is 9.45. The van der Waals surface area contributed by atoms with E-state index in [9.17, 15) is 4.79 Å². The summed E-state index contributed by atoms with van der Waals surface area (Å²) in [5, 5.41) is 0. The summed E-state index contributed by atoms with van der Waals surface area (Å²) in [6, 6.07) is 16.8. The fourth-order valence-electron chi connectivity index (χ4n) is 4.20. The number of ether oxygens (including phenoxy) is 1. The van der Waals surface area contributed by atoms with E-state index in [0.717, 1.165) is 25.0 Å². The van der Waals surface area contributed by atoms with Crippen LogP contribution >= 0.6 is 0 Å². The zero-order valence-corrected chi connectivity index (χ0v) is 18.4. The number of carbonyl (C=O) groups is 1. The molecule has 0 unspecified atom stereocenters. The molecular formula is C25H34N2O2. The Kier molecular flexibility index (Phi) is 6.96. The van der Waals surface area contributed by atoms with Crippen LogP contribution in [0, 0.1) is 5.92 Å². The van der Waals surface area contributed by atoms with Crippen LogP contribution in [-0.2, 0) is 17.6 Å². The molecule has 1 saturated heterocycles. The molecule has 3 rings (SSSR count). The summed E-state index contributed by atoms with van der Waals surface area (Å²) < 4.78 is 5.25. The van der Waals surface area contributed by atoms with Gasteiger partial charge in [-0.05, 0) is 61.1 Å². The maximum Gasteiger partial charge on any atom is 0.241 e. The Bertz CT molecular complexity index is 799. The van der Waals surface area contributed by atoms with Gasteiger partial charge >= 0.3 is 0 Å². The van der Waals surface area contributed by atoms with Crippen LogP contribution in [0.15, 0.2) is 48.5 Å². The van der Waals surface area contributed by atoms with Crippen molar-refractivity contribution >= 4 is 5.91 Å². The zero-order valence-electron chi connectivity index (χ0n) is 18.4. The van der Waals surface area contributed by atoms with Gasteiger partial charge in [-0.1, -0.05) is 57.2 Å². The molecule has 2 aromatic rings. The van der Waals surface area contributed by atoms with Crippen LogP contribution in [-0.4, -0.2) is 42.5 Å². The molecule has 2 aromatic carbocycles. The van der Waals surface area contributed by atoms with E-state index in [1.165, 1.54) is 16.7 Å². The summed E-state index contributed by atoms with van der Waals surface area (Å²) in [7, 11) is 3.77. The molecule has 0 bridgehead atoms. The molecule has 0 saturated carbocycles. The van der Waals surface area contributed by atoms with Crippen molar-refractivity contribution in [2.24, 2.45) is 5.92 Å². The topological polar surface area (TPSA) is 32.8 Å². The lowest BCUT2D eigenvalue weighted by molar-refractivity contribution is -0.130. The highest BCUT2D eigenvalue weighted by molar-refractivity contribution is 5.84.